The summed E-state index contributed by atoms with van der Waals surface area (Å²) in [6, 6.07) is 5.82. The van der Waals surface area contributed by atoms with Crippen molar-refractivity contribution in [1.29, 1.82) is 0 Å². The van der Waals surface area contributed by atoms with Crippen LogP contribution in [0.5, 0.6) is 0 Å². The lowest BCUT2D eigenvalue weighted by molar-refractivity contribution is 0.133. The van der Waals surface area contributed by atoms with Crippen LogP contribution in [-0.4, -0.2) is 22.7 Å². The van der Waals surface area contributed by atoms with Crippen molar-refractivity contribution in [1.82, 2.24) is 10.3 Å². The van der Waals surface area contributed by atoms with E-state index in [-0.39, 0.29) is 6.04 Å². The second kappa shape index (κ2) is 3.85. The van der Waals surface area contributed by atoms with Gasteiger partial charge in [-0.2, -0.15) is 0 Å². The molecule has 1 saturated heterocycles. The molecule has 0 aromatic carbocycles. The van der Waals surface area contributed by atoms with Gasteiger partial charge in [0, 0.05) is 12.2 Å². The topological polar surface area (TPSA) is 45.2 Å². The Labute approximate surface area is 77.8 Å². The summed E-state index contributed by atoms with van der Waals surface area (Å²) in [6.45, 7) is 1.01. The van der Waals surface area contributed by atoms with Crippen LogP contribution in [0.15, 0.2) is 24.4 Å². The fraction of sp³-hybridized carbons (Fsp3) is 0.500. The Morgan fingerprint density at radius 2 is 2.46 bits per heavy atom. The van der Waals surface area contributed by atoms with Crippen LogP contribution in [-0.2, 0) is 0 Å². The maximum atomic E-state index is 9.90. The summed E-state index contributed by atoms with van der Waals surface area (Å²) in [5.41, 5.74) is 0.766. The van der Waals surface area contributed by atoms with Crippen LogP contribution in [0.25, 0.3) is 0 Å². The number of rotatable bonds is 2. The lowest BCUT2D eigenvalue weighted by Gasteiger charge is -2.17. The summed E-state index contributed by atoms with van der Waals surface area (Å²) >= 11 is 0. The number of nitrogens with zero attached hydrogens (tertiary/aromatic N) is 1. The first-order chi connectivity index (χ1) is 6.38. The van der Waals surface area contributed by atoms with Gasteiger partial charge in [0.15, 0.2) is 0 Å². The molecule has 0 saturated carbocycles. The van der Waals surface area contributed by atoms with E-state index in [0.29, 0.717) is 0 Å². The average Bonchev–Trinajstić information content (AvgIpc) is 2.71. The van der Waals surface area contributed by atoms with Crippen LogP contribution in [0.3, 0.4) is 0 Å². The van der Waals surface area contributed by atoms with Crippen molar-refractivity contribution < 1.29 is 5.11 Å². The fourth-order valence-electron chi connectivity index (χ4n) is 1.74. The fourth-order valence-corrected chi connectivity index (χ4v) is 1.74. The molecule has 1 aromatic heterocycles. The molecule has 0 bridgehead atoms. The zero-order valence-electron chi connectivity index (χ0n) is 7.48. The molecule has 1 fully saturated rings. The molecule has 2 heterocycles. The Bertz CT molecular complexity index is 257. The smallest absolute Gasteiger partial charge is 0.111 e. The van der Waals surface area contributed by atoms with Crippen molar-refractivity contribution in [3.8, 4) is 0 Å². The number of hydrogen-bond acceptors (Lipinski definition) is 3. The Morgan fingerprint density at radius 3 is 3.08 bits per heavy atom. The van der Waals surface area contributed by atoms with Crippen molar-refractivity contribution in [3.05, 3.63) is 30.1 Å². The number of aliphatic hydroxyl groups is 1. The highest BCUT2D eigenvalue weighted by molar-refractivity contribution is 5.09. The van der Waals surface area contributed by atoms with Crippen LogP contribution in [0, 0.1) is 0 Å². The summed E-state index contributed by atoms with van der Waals surface area (Å²) in [5.74, 6) is 0. The number of pyridine rings is 1. The molecule has 2 rings (SSSR count). The maximum absolute atomic E-state index is 9.90. The lowest BCUT2D eigenvalue weighted by atomic mass is 10.1. The number of aliphatic hydroxyl groups excluding tert-OH is 1. The largest absolute Gasteiger partial charge is 0.385 e. The number of nitrogens with one attached hydrogen (secondary N) is 1. The molecule has 1 aliphatic heterocycles. The summed E-state index contributed by atoms with van der Waals surface area (Å²) in [4.78, 5) is 4.13. The monoisotopic (exact) mass is 178 g/mol. The molecule has 3 heteroatoms. The first-order valence-electron chi connectivity index (χ1n) is 4.70. The Morgan fingerprint density at radius 1 is 1.54 bits per heavy atom. The van der Waals surface area contributed by atoms with Gasteiger partial charge in [-0.3, -0.25) is 4.98 Å². The van der Waals surface area contributed by atoms with Gasteiger partial charge in [-0.25, -0.2) is 0 Å². The van der Waals surface area contributed by atoms with Gasteiger partial charge in [0.1, 0.15) is 6.10 Å². The molecule has 2 N–H and O–H groups in total. The minimum absolute atomic E-state index is 0.190. The standard InChI is InChI=1S/C10H14N2O/c13-10(9-5-3-7-12-9)8-4-1-2-6-11-8/h1-2,4,6,9-10,12-13H,3,5,7H2/t9?,10-/m0/s1. The zero-order chi connectivity index (χ0) is 9.10. The van der Waals surface area contributed by atoms with Crippen LogP contribution < -0.4 is 5.32 Å². The van der Waals surface area contributed by atoms with E-state index in [1.54, 1.807) is 6.20 Å². The predicted molar refractivity (Wildman–Crippen MR) is 50.2 cm³/mol. The highest BCUT2D eigenvalue weighted by Gasteiger charge is 2.24. The van der Waals surface area contributed by atoms with E-state index < -0.39 is 6.10 Å². The molecule has 0 radical (unpaired) electrons. The molecule has 1 unspecified atom stereocenters. The first-order valence-corrected chi connectivity index (χ1v) is 4.70. The van der Waals surface area contributed by atoms with E-state index in [0.717, 1.165) is 25.1 Å². The van der Waals surface area contributed by atoms with E-state index in [2.05, 4.69) is 10.3 Å². The third-order valence-corrected chi connectivity index (χ3v) is 2.47. The highest BCUT2D eigenvalue weighted by Crippen LogP contribution is 2.20. The summed E-state index contributed by atoms with van der Waals surface area (Å²) in [5, 5.41) is 13.2. The summed E-state index contributed by atoms with van der Waals surface area (Å²) < 4.78 is 0. The van der Waals surface area contributed by atoms with Crippen molar-refractivity contribution in [2.45, 2.75) is 25.0 Å². The number of aromatic nitrogens is 1. The van der Waals surface area contributed by atoms with E-state index in [4.69, 9.17) is 0 Å². The Kier molecular flexibility index (Phi) is 2.57. The van der Waals surface area contributed by atoms with Crippen molar-refractivity contribution in [3.63, 3.8) is 0 Å². The quantitative estimate of drug-likeness (QED) is 0.706. The minimum atomic E-state index is -0.455. The second-order valence-corrected chi connectivity index (χ2v) is 3.40. The SMILES string of the molecule is O[C@@H](c1ccccn1)C1CCCN1. The molecule has 0 aliphatic carbocycles. The van der Waals surface area contributed by atoms with Gasteiger partial charge in [-0.1, -0.05) is 6.07 Å². The second-order valence-electron chi connectivity index (χ2n) is 3.40. The van der Waals surface area contributed by atoms with E-state index >= 15 is 0 Å². The molecular formula is C10H14N2O. The van der Waals surface area contributed by atoms with Crippen LogP contribution in [0.1, 0.15) is 24.6 Å². The van der Waals surface area contributed by atoms with Crippen molar-refractivity contribution >= 4 is 0 Å². The normalized spacial score (nSPS) is 24.5. The van der Waals surface area contributed by atoms with Crippen LogP contribution >= 0.6 is 0 Å². The first kappa shape index (κ1) is 8.66. The van der Waals surface area contributed by atoms with E-state index in [9.17, 15) is 5.11 Å². The van der Waals surface area contributed by atoms with Gasteiger partial charge in [-0.15, -0.1) is 0 Å². The molecule has 3 nitrogen and oxygen atoms in total. The van der Waals surface area contributed by atoms with Gasteiger partial charge in [-0.05, 0) is 31.5 Å². The minimum Gasteiger partial charge on any atom is -0.385 e. The summed E-state index contributed by atoms with van der Waals surface area (Å²) in [7, 11) is 0. The maximum Gasteiger partial charge on any atom is 0.111 e. The average molecular weight is 178 g/mol. The molecule has 2 atom stereocenters. The molecular weight excluding hydrogens is 164 g/mol. The third-order valence-electron chi connectivity index (χ3n) is 2.47. The molecule has 0 spiro atoms. The van der Waals surface area contributed by atoms with Gasteiger partial charge < -0.3 is 10.4 Å². The molecule has 1 aromatic rings. The van der Waals surface area contributed by atoms with Crippen molar-refractivity contribution in [2.75, 3.05) is 6.54 Å². The van der Waals surface area contributed by atoms with Gasteiger partial charge in [0.25, 0.3) is 0 Å². The Hall–Kier alpha value is -0.930. The predicted octanol–water partition coefficient (Wildman–Crippen LogP) is 0.867. The van der Waals surface area contributed by atoms with Gasteiger partial charge in [0.05, 0.1) is 5.69 Å². The number of hydrogen-bond donors (Lipinski definition) is 2. The Balaban J connectivity index is 2.08. The van der Waals surface area contributed by atoms with E-state index in [1.807, 2.05) is 18.2 Å². The van der Waals surface area contributed by atoms with Gasteiger partial charge in [0.2, 0.25) is 0 Å². The zero-order valence-corrected chi connectivity index (χ0v) is 7.48. The molecule has 1 aliphatic rings. The van der Waals surface area contributed by atoms with Gasteiger partial charge >= 0.3 is 0 Å². The third kappa shape index (κ3) is 1.87. The molecule has 13 heavy (non-hydrogen) atoms. The lowest BCUT2D eigenvalue weighted by Crippen LogP contribution is -2.29. The van der Waals surface area contributed by atoms with Crippen LogP contribution in [0.2, 0.25) is 0 Å². The van der Waals surface area contributed by atoms with Crippen LogP contribution in [0.4, 0.5) is 0 Å². The molecule has 0 amide bonds. The molecule has 70 valence electrons. The van der Waals surface area contributed by atoms with E-state index in [1.165, 1.54) is 0 Å². The summed E-state index contributed by atoms with van der Waals surface area (Å²) in [6.07, 6.45) is 3.45. The highest BCUT2D eigenvalue weighted by atomic mass is 16.3. The van der Waals surface area contributed by atoms with Crippen molar-refractivity contribution in [2.24, 2.45) is 0 Å².